The first kappa shape index (κ1) is 17.2. The molecule has 0 fully saturated rings. The first-order valence-corrected chi connectivity index (χ1v) is 8.99. The van der Waals surface area contributed by atoms with Crippen LogP contribution in [0.3, 0.4) is 0 Å². The van der Waals surface area contributed by atoms with Crippen LogP contribution in [0, 0.1) is 0 Å². The van der Waals surface area contributed by atoms with Gasteiger partial charge in [0.15, 0.2) is 0 Å². The van der Waals surface area contributed by atoms with E-state index >= 15 is 0 Å². The summed E-state index contributed by atoms with van der Waals surface area (Å²) in [5.74, 6) is 0.685. The van der Waals surface area contributed by atoms with Crippen molar-refractivity contribution < 1.29 is 9.53 Å². The summed E-state index contributed by atoms with van der Waals surface area (Å²) in [6, 6.07) is 15.3. The van der Waals surface area contributed by atoms with Gasteiger partial charge in [0.25, 0.3) is 5.91 Å². The highest BCUT2D eigenvalue weighted by molar-refractivity contribution is 7.09. The normalized spacial score (nSPS) is 10.4. The second kappa shape index (κ2) is 8.44. The van der Waals surface area contributed by atoms with Crippen molar-refractivity contribution in [3.63, 3.8) is 0 Å². The number of hydrogen-bond acceptors (Lipinski definition) is 4. The Bertz CT molecular complexity index is 804. The summed E-state index contributed by atoms with van der Waals surface area (Å²) >= 11 is 1.71. The average Bonchev–Trinajstić information content (AvgIpc) is 3.19. The Labute approximate surface area is 151 Å². The summed E-state index contributed by atoms with van der Waals surface area (Å²) in [6.45, 7) is 1.20. The number of nitrogens with zero attached hydrogens (tertiary/aromatic N) is 2. The highest BCUT2D eigenvalue weighted by Gasteiger charge is 2.17. The average molecular weight is 352 g/mol. The lowest BCUT2D eigenvalue weighted by Crippen LogP contribution is -2.32. The van der Waals surface area contributed by atoms with Gasteiger partial charge in [-0.2, -0.15) is 0 Å². The van der Waals surface area contributed by atoms with Gasteiger partial charge in [-0.3, -0.25) is 9.78 Å². The van der Waals surface area contributed by atoms with Crippen LogP contribution in [0.2, 0.25) is 0 Å². The number of aromatic nitrogens is 1. The molecule has 2 heterocycles. The molecule has 0 atom stereocenters. The monoisotopic (exact) mass is 352 g/mol. The van der Waals surface area contributed by atoms with Gasteiger partial charge in [0, 0.05) is 35.9 Å². The van der Waals surface area contributed by atoms with E-state index < -0.39 is 0 Å². The smallest absolute Gasteiger partial charge is 0.254 e. The zero-order valence-corrected chi connectivity index (χ0v) is 14.9. The maximum atomic E-state index is 13.0. The van der Waals surface area contributed by atoms with Crippen molar-refractivity contribution in [2.75, 3.05) is 13.7 Å². The van der Waals surface area contributed by atoms with Gasteiger partial charge in [-0.25, -0.2) is 0 Å². The van der Waals surface area contributed by atoms with Gasteiger partial charge in [0.05, 0.1) is 7.11 Å². The Morgan fingerprint density at radius 3 is 2.84 bits per heavy atom. The van der Waals surface area contributed by atoms with E-state index in [0.717, 1.165) is 12.0 Å². The summed E-state index contributed by atoms with van der Waals surface area (Å²) in [5, 5.41) is 2.06. The first-order chi connectivity index (χ1) is 12.3. The highest BCUT2D eigenvalue weighted by Crippen LogP contribution is 2.17. The van der Waals surface area contributed by atoms with E-state index in [0.29, 0.717) is 24.4 Å². The maximum Gasteiger partial charge on any atom is 0.254 e. The van der Waals surface area contributed by atoms with Crippen LogP contribution in [0.1, 0.15) is 20.8 Å². The van der Waals surface area contributed by atoms with Gasteiger partial charge in [-0.15, -0.1) is 11.3 Å². The quantitative estimate of drug-likeness (QED) is 0.644. The van der Waals surface area contributed by atoms with Crippen molar-refractivity contribution in [3.8, 4) is 5.75 Å². The number of benzene rings is 1. The molecule has 0 spiro atoms. The Morgan fingerprint density at radius 2 is 2.12 bits per heavy atom. The minimum absolute atomic E-state index is 0.000640. The third kappa shape index (κ3) is 4.67. The van der Waals surface area contributed by atoms with Gasteiger partial charge in [-0.1, -0.05) is 18.2 Å². The van der Waals surface area contributed by atoms with Gasteiger partial charge in [-0.05, 0) is 47.7 Å². The molecule has 0 bridgehead atoms. The molecule has 0 saturated carbocycles. The first-order valence-electron chi connectivity index (χ1n) is 8.11. The number of thiophene rings is 1. The van der Waals surface area contributed by atoms with E-state index in [1.54, 1.807) is 36.9 Å². The lowest BCUT2D eigenvalue weighted by Gasteiger charge is -2.23. The summed E-state index contributed by atoms with van der Waals surface area (Å²) < 4.78 is 5.24. The third-order valence-corrected chi connectivity index (χ3v) is 4.84. The number of rotatable bonds is 7. The molecule has 25 heavy (non-hydrogen) atoms. The topological polar surface area (TPSA) is 42.4 Å². The van der Waals surface area contributed by atoms with Crippen LogP contribution in [-0.4, -0.2) is 29.4 Å². The SMILES string of the molecule is COc1cccc(C(=O)N(CCc2cccs2)Cc2cccnc2)c1. The van der Waals surface area contributed by atoms with Crippen molar-refractivity contribution in [3.05, 3.63) is 82.3 Å². The summed E-state index contributed by atoms with van der Waals surface area (Å²) in [4.78, 5) is 20.3. The Morgan fingerprint density at radius 1 is 1.20 bits per heavy atom. The van der Waals surface area contributed by atoms with Crippen LogP contribution in [-0.2, 0) is 13.0 Å². The Hall–Kier alpha value is -2.66. The lowest BCUT2D eigenvalue weighted by atomic mass is 10.1. The number of pyridine rings is 1. The molecule has 0 saturated heterocycles. The second-order valence-corrected chi connectivity index (χ2v) is 6.68. The van der Waals surface area contributed by atoms with E-state index in [9.17, 15) is 4.79 Å². The molecule has 0 radical (unpaired) electrons. The molecule has 0 aliphatic carbocycles. The van der Waals surface area contributed by atoms with E-state index in [1.165, 1.54) is 4.88 Å². The number of ether oxygens (including phenoxy) is 1. The molecule has 5 heteroatoms. The zero-order chi connectivity index (χ0) is 17.5. The molecule has 1 aromatic carbocycles. The molecule has 0 unspecified atom stereocenters. The van der Waals surface area contributed by atoms with E-state index in [4.69, 9.17) is 4.74 Å². The van der Waals surface area contributed by atoms with E-state index in [2.05, 4.69) is 16.4 Å². The van der Waals surface area contributed by atoms with Gasteiger partial charge >= 0.3 is 0 Å². The van der Waals surface area contributed by atoms with Crippen LogP contribution in [0.5, 0.6) is 5.75 Å². The maximum absolute atomic E-state index is 13.0. The van der Waals surface area contributed by atoms with Crippen LogP contribution in [0.15, 0.2) is 66.3 Å². The molecular formula is C20H20N2O2S. The van der Waals surface area contributed by atoms with Crippen molar-refractivity contribution in [2.24, 2.45) is 0 Å². The van der Waals surface area contributed by atoms with Gasteiger partial charge < -0.3 is 9.64 Å². The Kier molecular flexibility index (Phi) is 5.80. The number of hydrogen-bond donors (Lipinski definition) is 0. The van der Waals surface area contributed by atoms with E-state index in [1.807, 2.05) is 41.3 Å². The minimum atomic E-state index is -0.000640. The van der Waals surface area contributed by atoms with Crippen molar-refractivity contribution in [1.82, 2.24) is 9.88 Å². The molecule has 1 amide bonds. The lowest BCUT2D eigenvalue weighted by molar-refractivity contribution is 0.0745. The van der Waals surface area contributed by atoms with Crippen molar-refractivity contribution in [1.29, 1.82) is 0 Å². The number of carbonyl (C=O) groups is 1. The summed E-state index contributed by atoms with van der Waals surface area (Å²) in [7, 11) is 1.60. The predicted octanol–water partition coefficient (Wildman–Crippen LogP) is 4.04. The van der Waals surface area contributed by atoms with Crippen LogP contribution < -0.4 is 4.74 Å². The molecule has 4 nitrogen and oxygen atoms in total. The fourth-order valence-electron chi connectivity index (χ4n) is 2.60. The molecular weight excluding hydrogens is 332 g/mol. The summed E-state index contributed by atoms with van der Waals surface area (Å²) in [6.07, 6.45) is 4.38. The van der Waals surface area contributed by atoms with Gasteiger partial charge in [0.2, 0.25) is 0 Å². The van der Waals surface area contributed by atoms with E-state index in [-0.39, 0.29) is 5.91 Å². The Balaban J connectivity index is 1.79. The molecule has 3 rings (SSSR count). The highest BCUT2D eigenvalue weighted by atomic mass is 32.1. The third-order valence-electron chi connectivity index (χ3n) is 3.91. The molecule has 3 aromatic rings. The predicted molar refractivity (Wildman–Crippen MR) is 100.0 cm³/mol. The van der Waals surface area contributed by atoms with Crippen LogP contribution in [0.4, 0.5) is 0 Å². The number of carbonyl (C=O) groups excluding carboxylic acids is 1. The van der Waals surface area contributed by atoms with Crippen LogP contribution in [0.25, 0.3) is 0 Å². The van der Waals surface area contributed by atoms with Crippen molar-refractivity contribution >= 4 is 17.2 Å². The van der Waals surface area contributed by atoms with Crippen molar-refractivity contribution in [2.45, 2.75) is 13.0 Å². The fourth-order valence-corrected chi connectivity index (χ4v) is 3.30. The molecule has 0 aliphatic rings. The molecule has 128 valence electrons. The molecule has 2 aromatic heterocycles. The molecule has 0 aliphatic heterocycles. The summed E-state index contributed by atoms with van der Waals surface area (Å²) in [5.41, 5.74) is 1.65. The minimum Gasteiger partial charge on any atom is -0.497 e. The molecule has 0 N–H and O–H groups in total. The number of amides is 1. The van der Waals surface area contributed by atoms with Crippen LogP contribution >= 0.6 is 11.3 Å². The van der Waals surface area contributed by atoms with Gasteiger partial charge in [0.1, 0.15) is 5.75 Å². The largest absolute Gasteiger partial charge is 0.497 e. The standard InChI is InChI=1S/C20H20N2O2S/c1-24-18-7-2-6-17(13-18)20(23)22(11-9-19-8-4-12-25-19)15-16-5-3-10-21-14-16/h2-8,10,12-14H,9,11,15H2,1H3. The number of methoxy groups -OCH3 is 1. The fraction of sp³-hybridized carbons (Fsp3) is 0.200. The second-order valence-electron chi connectivity index (χ2n) is 5.65. The zero-order valence-electron chi connectivity index (χ0n) is 14.1.